The van der Waals surface area contributed by atoms with Gasteiger partial charge in [0.25, 0.3) is 11.6 Å². The molecule has 0 spiro atoms. The maximum absolute atomic E-state index is 12.5. The van der Waals surface area contributed by atoms with E-state index in [1.54, 1.807) is 4.90 Å². The number of carbonyl (C=O) groups is 1. The summed E-state index contributed by atoms with van der Waals surface area (Å²) in [7, 11) is 0. The summed E-state index contributed by atoms with van der Waals surface area (Å²) >= 11 is 6.00. The number of non-ortho nitro benzene ring substituents is 1. The molecule has 0 saturated carbocycles. The van der Waals surface area contributed by atoms with Gasteiger partial charge < -0.3 is 10.2 Å². The summed E-state index contributed by atoms with van der Waals surface area (Å²) in [6.45, 7) is 5.30. The zero-order chi connectivity index (χ0) is 14.9. The van der Waals surface area contributed by atoms with Gasteiger partial charge in [0.15, 0.2) is 0 Å². The van der Waals surface area contributed by atoms with Gasteiger partial charge in [-0.15, -0.1) is 0 Å². The lowest BCUT2D eigenvalue weighted by Crippen LogP contribution is -2.57. The smallest absolute Gasteiger partial charge is 0.270 e. The Morgan fingerprint density at radius 3 is 2.80 bits per heavy atom. The minimum Gasteiger partial charge on any atom is -0.333 e. The second-order valence-electron chi connectivity index (χ2n) is 4.90. The van der Waals surface area contributed by atoms with Crippen LogP contribution in [0.3, 0.4) is 0 Å². The number of rotatable bonds is 2. The Morgan fingerprint density at radius 1 is 1.50 bits per heavy atom. The van der Waals surface area contributed by atoms with Crippen molar-refractivity contribution in [1.29, 1.82) is 0 Å². The normalized spacial score (nSPS) is 22.6. The van der Waals surface area contributed by atoms with Gasteiger partial charge in [0.05, 0.1) is 15.5 Å². The van der Waals surface area contributed by atoms with Crippen molar-refractivity contribution in [2.45, 2.75) is 25.9 Å². The number of piperazine rings is 1. The molecule has 2 unspecified atom stereocenters. The van der Waals surface area contributed by atoms with Gasteiger partial charge in [-0.25, -0.2) is 0 Å². The third-order valence-electron chi connectivity index (χ3n) is 3.69. The van der Waals surface area contributed by atoms with Crippen LogP contribution >= 0.6 is 11.6 Å². The van der Waals surface area contributed by atoms with E-state index in [1.807, 2.05) is 13.8 Å². The summed E-state index contributed by atoms with van der Waals surface area (Å²) in [6.07, 6.45) is 0. The molecule has 7 heteroatoms. The monoisotopic (exact) mass is 297 g/mol. The van der Waals surface area contributed by atoms with Gasteiger partial charge in [0, 0.05) is 37.3 Å². The Bertz CT molecular complexity index is 550. The lowest BCUT2D eigenvalue weighted by Gasteiger charge is -2.38. The summed E-state index contributed by atoms with van der Waals surface area (Å²) in [5.41, 5.74) is 0.187. The van der Waals surface area contributed by atoms with Crippen molar-refractivity contribution in [1.82, 2.24) is 10.2 Å². The van der Waals surface area contributed by atoms with Crippen molar-refractivity contribution >= 4 is 23.2 Å². The van der Waals surface area contributed by atoms with Crippen LogP contribution in [0.1, 0.15) is 24.2 Å². The fourth-order valence-electron chi connectivity index (χ4n) is 2.29. The van der Waals surface area contributed by atoms with Crippen molar-refractivity contribution in [2.75, 3.05) is 13.1 Å². The van der Waals surface area contributed by atoms with Gasteiger partial charge >= 0.3 is 0 Å². The summed E-state index contributed by atoms with van der Waals surface area (Å²) < 4.78 is 0. The molecule has 1 aliphatic rings. The van der Waals surface area contributed by atoms with Crippen LogP contribution in [0.2, 0.25) is 5.02 Å². The van der Waals surface area contributed by atoms with Gasteiger partial charge in [0.2, 0.25) is 0 Å². The van der Waals surface area contributed by atoms with Crippen molar-refractivity contribution < 1.29 is 9.72 Å². The van der Waals surface area contributed by atoms with Crippen molar-refractivity contribution in [2.24, 2.45) is 0 Å². The first-order chi connectivity index (χ1) is 9.41. The molecular formula is C13H16ClN3O3. The number of nitro groups is 1. The molecule has 0 bridgehead atoms. The van der Waals surface area contributed by atoms with Crippen LogP contribution < -0.4 is 5.32 Å². The molecule has 1 aromatic carbocycles. The molecule has 1 fully saturated rings. The predicted octanol–water partition coefficient (Wildman–Crippen LogP) is 2.07. The zero-order valence-corrected chi connectivity index (χ0v) is 12.1. The van der Waals surface area contributed by atoms with Crippen LogP contribution in [0.5, 0.6) is 0 Å². The van der Waals surface area contributed by atoms with Gasteiger partial charge in [-0.05, 0) is 19.9 Å². The van der Waals surface area contributed by atoms with E-state index < -0.39 is 4.92 Å². The number of halogens is 1. The number of nitrogens with one attached hydrogen (secondary N) is 1. The highest BCUT2D eigenvalue weighted by molar-refractivity contribution is 6.34. The summed E-state index contributed by atoms with van der Waals surface area (Å²) in [5.74, 6) is -0.189. The standard InChI is InChI=1S/C13H16ClN3O3/c1-8-9(2)16(6-5-15-8)13(18)11-4-3-10(17(19)20)7-12(11)14/h3-4,7-9,15H,5-6H2,1-2H3. The van der Waals surface area contributed by atoms with Gasteiger partial charge in [0.1, 0.15) is 0 Å². The summed E-state index contributed by atoms with van der Waals surface area (Å²) in [4.78, 5) is 24.4. The van der Waals surface area contributed by atoms with Crippen LogP contribution in [0, 0.1) is 10.1 Å². The first-order valence-corrected chi connectivity index (χ1v) is 6.78. The highest BCUT2D eigenvalue weighted by Crippen LogP contribution is 2.25. The maximum atomic E-state index is 12.5. The Labute approximate surface area is 121 Å². The number of nitrogens with zero attached hydrogens (tertiary/aromatic N) is 2. The number of nitro benzene ring substituents is 1. The van der Waals surface area contributed by atoms with E-state index in [0.29, 0.717) is 12.1 Å². The lowest BCUT2D eigenvalue weighted by atomic mass is 10.1. The molecule has 1 heterocycles. The third-order valence-corrected chi connectivity index (χ3v) is 4.00. The zero-order valence-electron chi connectivity index (χ0n) is 11.3. The first-order valence-electron chi connectivity index (χ1n) is 6.40. The van der Waals surface area contributed by atoms with E-state index in [4.69, 9.17) is 11.6 Å². The first kappa shape index (κ1) is 14.7. The van der Waals surface area contributed by atoms with Crippen LogP contribution in [0.4, 0.5) is 5.69 Å². The minimum absolute atomic E-state index is 0.0440. The van der Waals surface area contributed by atoms with Crippen LogP contribution in [-0.2, 0) is 0 Å². The Balaban J connectivity index is 2.27. The molecule has 2 atom stereocenters. The van der Waals surface area contributed by atoms with E-state index >= 15 is 0 Å². The number of benzene rings is 1. The topological polar surface area (TPSA) is 75.5 Å². The fraction of sp³-hybridized carbons (Fsp3) is 0.462. The van der Waals surface area contributed by atoms with E-state index in [0.717, 1.165) is 6.54 Å². The van der Waals surface area contributed by atoms with Gasteiger partial charge in [-0.1, -0.05) is 11.6 Å². The van der Waals surface area contributed by atoms with Crippen molar-refractivity contribution in [3.05, 3.63) is 38.9 Å². The second kappa shape index (κ2) is 5.76. The maximum Gasteiger partial charge on any atom is 0.270 e. The van der Waals surface area contributed by atoms with E-state index in [2.05, 4.69) is 5.32 Å². The molecule has 108 valence electrons. The third kappa shape index (κ3) is 2.76. The molecule has 1 amide bonds. The highest BCUT2D eigenvalue weighted by atomic mass is 35.5. The Hall–Kier alpha value is -1.66. The molecule has 1 saturated heterocycles. The highest BCUT2D eigenvalue weighted by Gasteiger charge is 2.30. The number of hydrogen-bond donors (Lipinski definition) is 1. The molecule has 2 rings (SSSR count). The van der Waals surface area contributed by atoms with Crippen LogP contribution in [0.25, 0.3) is 0 Å². The molecule has 0 radical (unpaired) electrons. The largest absolute Gasteiger partial charge is 0.333 e. The molecule has 1 aromatic rings. The minimum atomic E-state index is -0.532. The quantitative estimate of drug-likeness (QED) is 0.670. The summed E-state index contributed by atoms with van der Waals surface area (Å²) in [5, 5.41) is 14.1. The Morgan fingerprint density at radius 2 is 2.20 bits per heavy atom. The molecule has 0 aliphatic carbocycles. The average molecular weight is 298 g/mol. The molecular weight excluding hydrogens is 282 g/mol. The van der Waals surface area contributed by atoms with Crippen LogP contribution in [-0.4, -0.2) is 40.9 Å². The molecule has 6 nitrogen and oxygen atoms in total. The van der Waals surface area contributed by atoms with Crippen molar-refractivity contribution in [3.63, 3.8) is 0 Å². The lowest BCUT2D eigenvalue weighted by molar-refractivity contribution is -0.384. The van der Waals surface area contributed by atoms with E-state index in [9.17, 15) is 14.9 Å². The van der Waals surface area contributed by atoms with Gasteiger partial charge in [-0.2, -0.15) is 0 Å². The SMILES string of the molecule is CC1NCCN(C(=O)c2ccc([N+](=O)[O-])cc2Cl)C1C. The summed E-state index contributed by atoms with van der Waals surface area (Å²) in [6, 6.07) is 4.18. The predicted molar refractivity (Wildman–Crippen MR) is 76.1 cm³/mol. The Kier molecular flexibility index (Phi) is 4.25. The molecule has 20 heavy (non-hydrogen) atoms. The second-order valence-corrected chi connectivity index (χ2v) is 5.31. The number of amides is 1. The molecule has 1 aliphatic heterocycles. The number of carbonyl (C=O) groups excluding carboxylic acids is 1. The van der Waals surface area contributed by atoms with E-state index in [1.165, 1.54) is 18.2 Å². The van der Waals surface area contributed by atoms with Crippen LogP contribution in [0.15, 0.2) is 18.2 Å². The molecule has 0 aromatic heterocycles. The van der Waals surface area contributed by atoms with Gasteiger partial charge in [-0.3, -0.25) is 14.9 Å². The average Bonchev–Trinajstić information content (AvgIpc) is 2.41. The van der Waals surface area contributed by atoms with E-state index in [-0.39, 0.29) is 28.7 Å². The molecule has 1 N–H and O–H groups in total. The number of hydrogen-bond acceptors (Lipinski definition) is 4. The fourth-order valence-corrected chi connectivity index (χ4v) is 2.54. The van der Waals surface area contributed by atoms with Crippen molar-refractivity contribution in [3.8, 4) is 0 Å².